The Kier molecular flexibility index (Phi) is 5.47. The first kappa shape index (κ1) is 22.7. The third-order valence-electron chi connectivity index (χ3n) is 7.21. The number of fused-ring (bicyclic) bond motifs is 2. The number of rotatable bonds is 5. The number of H-pyrrole nitrogens is 1. The molecule has 10 heteroatoms. The van der Waals surface area contributed by atoms with Crippen molar-refractivity contribution in [2.75, 3.05) is 5.32 Å². The number of thiophene rings is 1. The molecule has 7 rings (SSSR count). The summed E-state index contributed by atoms with van der Waals surface area (Å²) in [7, 11) is 1.89. The average molecular weight is 521 g/mol. The van der Waals surface area contributed by atoms with Crippen LogP contribution in [-0.4, -0.2) is 40.6 Å². The van der Waals surface area contributed by atoms with Crippen LogP contribution >= 0.6 is 11.3 Å². The van der Waals surface area contributed by atoms with Crippen molar-refractivity contribution in [2.24, 2.45) is 13.0 Å². The lowest BCUT2D eigenvalue weighted by Crippen LogP contribution is -2.20. The molecule has 0 radical (unpaired) electrons. The van der Waals surface area contributed by atoms with Gasteiger partial charge in [-0.3, -0.25) is 19.4 Å². The highest BCUT2D eigenvalue weighted by Crippen LogP contribution is 2.33. The van der Waals surface area contributed by atoms with Crippen molar-refractivity contribution in [3.05, 3.63) is 59.8 Å². The lowest BCUT2D eigenvalue weighted by Gasteiger charge is -2.11. The second kappa shape index (κ2) is 9.14. The Morgan fingerprint density at radius 2 is 2.00 bits per heavy atom. The number of anilines is 1. The van der Waals surface area contributed by atoms with Crippen LogP contribution in [0.25, 0.3) is 56.0 Å². The molecule has 1 fully saturated rings. The van der Waals surface area contributed by atoms with E-state index in [4.69, 9.17) is 10.1 Å². The molecule has 6 heterocycles. The van der Waals surface area contributed by atoms with E-state index in [9.17, 15) is 4.79 Å². The lowest BCUT2D eigenvalue weighted by atomic mass is 10.1. The molecule has 0 bridgehead atoms. The number of hydrogen-bond acceptors (Lipinski definition) is 7. The Balaban J connectivity index is 1.27. The molecular weight excluding hydrogens is 496 g/mol. The predicted molar refractivity (Wildman–Crippen MR) is 149 cm³/mol. The number of nitrogens with zero attached hydrogens (tertiary/aromatic N) is 6. The van der Waals surface area contributed by atoms with E-state index in [1.807, 2.05) is 31.4 Å². The van der Waals surface area contributed by atoms with Crippen LogP contribution < -0.4 is 5.32 Å². The van der Waals surface area contributed by atoms with Crippen LogP contribution in [0.1, 0.15) is 25.7 Å². The van der Waals surface area contributed by atoms with E-state index < -0.39 is 0 Å². The monoisotopic (exact) mass is 520 g/mol. The smallest absolute Gasteiger partial charge is 0.227 e. The van der Waals surface area contributed by atoms with Crippen LogP contribution in [-0.2, 0) is 11.8 Å². The zero-order valence-corrected chi connectivity index (χ0v) is 21.5. The maximum absolute atomic E-state index is 12.6. The maximum Gasteiger partial charge on any atom is 0.227 e. The van der Waals surface area contributed by atoms with E-state index in [0.717, 1.165) is 70.2 Å². The van der Waals surface area contributed by atoms with Crippen LogP contribution in [0.3, 0.4) is 0 Å². The van der Waals surface area contributed by atoms with Gasteiger partial charge in [0.25, 0.3) is 0 Å². The van der Waals surface area contributed by atoms with E-state index in [0.29, 0.717) is 17.2 Å². The quantitative estimate of drug-likeness (QED) is 0.296. The standard InChI is InChI=1S/C28H24N8OS/c1-36-23-14-31-22(18-10-19(13-29-12-18)32-28(37)16-4-2-3-5-16)11-21(23)25(35-36)27-33-24-20(17-7-9-38-15-17)6-8-30-26(24)34-27/h6-16H,2-5H2,1H3,(H,32,37)(H,30,33,34). The molecule has 0 aromatic carbocycles. The topological polar surface area (TPSA) is 114 Å². The van der Waals surface area contributed by atoms with Crippen molar-refractivity contribution >= 4 is 45.0 Å². The highest BCUT2D eigenvalue weighted by atomic mass is 32.1. The summed E-state index contributed by atoms with van der Waals surface area (Å²) in [6.07, 6.45) is 11.2. The molecule has 0 aliphatic heterocycles. The van der Waals surface area contributed by atoms with Gasteiger partial charge in [0, 0.05) is 41.9 Å². The largest absolute Gasteiger partial charge is 0.335 e. The molecule has 0 spiro atoms. The van der Waals surface area contributed by atoms with Crippen LogP contribution in [0.15, 0.2) is 59.8 Å². The number of carbonyl (C=O) groups is 1. The Hall–Kier alpha value is -4.44. The van der Waals surface area contributed by atoms with Gasteiger partial charge in [-0.25, -0.2) is 9.97 Å². The molecule has 6 aromatic heterocycles. The number of carbonyl (C=O) groups excluding carboxylic acids is 1. The normalized spacial score (nSPS) is 14.0. The fourth-order valence-corrected chi connectivity index (χ4v) is 5.90. The summed E-state index contributed by atoms with van der Waals surface area (Å²) in [5, 5.41) is 12.9. The molecule has 188 valence electrons. The summed E-state index contributed by atoms with van der Waals surface area (Å²) in [5.41, 5.74) is 7.55. The summed E-state index contributed by atoms with van der Waals surface area (Å²) in [5.74, 6) is 0.804. The second-order valence-electron chi connectivity index (χ2n) is 9.65. The molecule has 0 atom stereocenters. The van der Waals surface area contributed by atoms with Gasteiger partial charge in [0.2, 0.25) is 5.91 Å². The molecule has 1 aliphatic carbocycles. The molecule has 9 nitrogen and oxygen atoms in total. The summed E-state index contributed by atoms with van der Waals surface area (Å²) in [6, 6.07) is 8.00. The van der Waals surface area contributed by atoms with E-state index >= 15 is 0 Å². The van der Waals surface area contributed by atoms with Gasteiger partial charge in [0.1, 0.15) is 5.69 Å². The fraction of sp³-hybridized carbons (Fsp3) is 0.214. The van der Waals surface area contributed by atoms with Crippen LogP contribution in [0.4, 0.5) is 5.69 Å². The van der Waals surface area contributed by atoms with Crippen molar-refractivity contribution in [2.45, 2.75) is 25.7 Å². The van der Waals surface area contributed by atoms with Crippen molar-refractivity contribution in [3.8, 4) is 33.9 Å². The molecule has 0 unspecified atom stereocenters. The second-order valence-corrected chi connectivity index (χ2v) is 10.4. The average Bonchev–Trinajstić information content (AvgIpc) is 3.75. The Morgan fingerprint density at radius 1 is 1.11 bits per heavy atom. The van der Waals surface area contributed by atoms with E-state index in [1.54, 1.807) is 34.6 Å². The van der Waals surface area contributed by atoms with E-state index in [1.165, 1.54) is 0 Å². The lowest BCUT2D eigenvalue weighted by molar-refractivity contribution is -0.119. The SMILES string of the molecule is Cn1nc(-c2nc3nccc(-c4ccsc4)c3[nH]2)c2cc(-c3cncc(NC(=O)C4CCCC4)c3)ncc21. The first-order valence-electron chi connectivity index (χ1n) is 12.6. The summed E-state index contributed by atoms with van der Waals surface area (Å²) in [6.45, 7) is 0. The highest BCUT2D eigenvalue weighted by Gasteiger charge is 2.23. The first-order chi connectivity index (χ1) is 18.6. The number of amides is 1. The molecule has 38 heavy (non-hydrogen) atoms. The van der Waals surface area contributed by atoms with Gasteiger partial charge in [-0.2, -0.15) is 16.4 Å². The zero-order chi connectivity index (χ0) is 25.6. The van der Waals surface area contributed by atoms with E-state index in [2.05, 4.69) is 42.1 Å². The first-order valence-corrected chi connectivity index (χ1v) is 13.5. The minimum Gasteiger partial charge on any atom is -0.335 e. The minimum atomic E-state index is 0.0692. The minimum absolute atomic E-state index is 0.0692. The molecule has 1 saturated carbocycles. The number of hydrogen-bond donors (Lipinski definition) is 2. The number of aromatic amines is 1. The number of aryl methyl sites for hydroxylation is 1. The van der Waals surface area contributed by atoms with Crippen LogP contribution in [0, 0.1) is 5.92 Å². The Bertz CT molecular complexity index is 1800. The van der Waals surface area contributed by atoms with Gasteiger partial charge >= 0.3 is 0 Å². The molecular formula is C28H24N8OS. The predicted octanol–water partition coefficient (Wildman–Crippen LogP) is 5.83. The molecule has 2 N–H and O–H groups in total. The Morgan fingerprint density at radius 3 is 2.84 bits per heavy atom. The highest BCUT2D eigenvalue weighted by molar-refractivity contribution is 7.08. The third-order valence-corrected chi connectivity index (χ3v) is 7.90. The van der Waals surface area contributed by atoms with Gasteiger partial charge in [0.05, 0.1) is 34.8 Å². The van der Waals surface area contributed by atoms with Crippen molar-refractivity contribution in [1.29, 1.82) is 0 Å². The fourth-order valence-electron chi connectivity index (χ4n) is 5.25. The molecule has 1 amide bonds. The Labute approximate surface area is 222 Å². The summed E-state index contributed by atoms with van der Waals surface area (Å²) < 4.78 is 1.80. The number of pyridine rings is 3. The van der Waals surface area contributed by atoms with Gasteiger partial charge in [-0.15, -0.1) is 0 Å². The maximum atomic E-state index is 12.6. The summed E-state index contributed by atoms with van der Waals surface area (Å²) >= 11 is 1.66. The van der Waals surface area contributed by atoms with Gasteiger partial charge < -0.3 is 10.3 Å². The molecule has 0 saturated heterocycles. The van der Waals surface area contributed by atoms with Crippen molar-refractivity contribution in [3.63, 3.8) is 0 Å². The van der Waals surface area contributed by atoms with Crippen molar-refractivity contribution in [1.82, 2.24) is 34.7 Å². The van der Waals surface area contributed by atoms with Gasteiger partial charge in [-0.1, -0.05) is 12.8 Å². The van der Waals surface area contributed by atoms with Gasteiger partial charge in [-0.05, 0) is 53.4 Å². The van der Waals surface area contributed by atoms with Crippen molar-refractivity contribution < 1.29 is 4.79 Å². The zero-order valence-electron chi connectivity index (χ0n) is 20.7. The van der Waals surface area contributed by atoms with Crippen LogP contribution in [0.5, 0.6) is 0 Å². The van der Waals surface area contributed by atoms with E-state index in [-0.39, 0.29) is 11.8 Å². The number of nitrogens with one attached hydrogen (secondary N) is 2. The molecule has 6 aromatic rings. The summed E-state index contributed by atoms with van der Waals surface area (Å²) in [4.78, 5) is 34.4. The third kappa shape index (κ3) is 3.93. The number of imidazole rings is 1. The van der Waals surface area contributed by atoms with Crippen LogP contribution in [0.2, 0.25) is 0 Å². The number of aromatic nitrogens is 7. The molecule has 1 aliphatic rings. The van der Waals surface area contributed by atoms with Gasteiger partial charge in [0.15, 0.2) is 11.5 Å².